The van der Waals surface area contributed by atoms with E-state index in [1.807, 2.05) is 0 Å². The van der Waals surface area contributed by atoms with E-state index in [4.69, 9.17) is 4.74 Å². The minimum Gasteiger partial charge on any atom is -0.811 e. The Morgan fingerprint density at radius 3 is 2.38 bits per heavy atom. The number of carbonyl (C=O) groups excluding carboxylic acids is 1. The molecule has 3 N–H and O–H groups in total. The van der Waals surface area contributed by atoms with Gasteiger partial charge in [0.2, 0.25) is 0 Å². The summed E-state index contributed by atoms with van der Waals surface area (Å²) < 4.78 is 17.2. The molecule has 0 bridgehead atoms. The Balaban J connectivity index is 0.00000210. The monoisotopic (exact) mass is 443 g/mol. The van der Waals surface area contributed by atoms with Crippen LogP contribution in [0.15, 0.2) is 30.5 Å². The summed E-state index contributed by atoms with van der Waals surface area (Å²) in [5.41, 5.74) is 1.51. The molecule has 0 saturated carbocycles. The molecule has 29 heavy (non-hydrogen) atoms. The van der Waals surface area contributed by atoms with Crippen LogP contribution in [0.25, 0.3) is 11.3 Å². The third-order valence-corrected chi connectivity index (χ3v) is 5.00. The van der Waals surface area contributed by atoms with Crippen LogP contribution in [0.5, 0.6) is 0 Å². The number of aliphatic hydroxyl groups excluding tert-OH is 3. The zero-order valence-corrected chi connectivity index (χ0v) is 20.6. The van der Waals surface area contributed by atoms with Gasteiger partial charge in [0.1, 0.15) is 30.3 Å². The number of aldehydes is 1. The van der Waals surface area contributed by atoms with Gasteiger partial charge in [0, 0.05) is 17.3 Å². The number of ether oxygens (including phenoxy) is 1. The first-order chi connectivity index (χ1) is 12.7. The van der Waals surface area contributed by atoms with Gasteiger partial charge in [0.25, 0.3) is 0 Å². The summed E-state index contributed by atoms with van der Waals surface area (Å²) >= 11 is 0. The summed E-state index contributed by atoms with van der Waals surface area (Å²) in [7, 11) is -5.04. The average molecular weight is 443 g/mol. The van der Waals surface area contributed by atoms with Crippen LogP contribution >= 0.6 is 7.60 Å². The van der Waals surface area contributed by atoms with Crippen molar-refractivity contribution in [2.75, 3.05) is 6.16 Å². The quantitative estimate of drug-likeness (QED) is 0.220. The first kappa shape index (κ1) is 27.1. The van der Waals surface area contributed by atoms with Crippen LogP contribution in [0.3, 0.4) is 0 Å². The fourth-order valence-corrected chi connectivity index (χ4v) is 3.49. The number of aliphatic hydroxyl groups is 3. The Morgan fingerprint density at radius 1 is 1.21 bits per heavy atom. The fourth-order valence-electron chi connectivity index (χ4n) is 2.82. The van der Waals surface area contributed by atoms with Crippen molar-refractivity contribution in [3.8, 4) is 11.3 Å². The number of carbonyl (C=O) groups is 1. The minimum atomic E-state index is -5.04. The van der Waals surface area contributed by atoms with Crippen LogP contribution in [0.1, 0.15) is 16.6 Å². The molecule has 3 rings (SSSR count). The number of benzene rings is 1. The Labute approximate surface area is 209 Å². The van der Waals surface area contributed by atoms with Crippen LogP contribution in [0.4, 0.5) is 0 Å². The molecule has 0 spiro atoms. The molecule has 1 fully saturated rings. The van der Waals surface area contributed by atoms with Gasteiger partial charge in [-0.3, -0.25) is 4.79 Å². The van der Waals surface area contributed by atoms with Crippen LogP contribution in [0, 0.1) is 0 Å². The number of aromatic nitrogens is 3. The minimum absolute atomic E-state index is 0. The van der Waals surface area contributed by atoms with Gasteiger partial charge in [-0.2, -0.15) is 0 Å². The summed E-state index contributed by atoms with van der Waals surface area (Å²) in [5, 5.41) is 37.7. The third-order valence-electron chi connectivity index (χ3n) is 4.18. The first-order valence-corrected chi connectivity index (χ1v) is 9.60. The van der Waals surface area contributed by atoms with Gasteiger partial charge in [0.15, 0.2) is 6.23 Å². The molecule has 0 amide bonds. The van der Waals surface area contributed by atoms with Gasteiger partial charge < -0.3 is 34.4 Å². The Hall–Kier alpha value is 0.0200. The predicted molar refractivity (Wildman–Crippen MR) is 85.2 cm³/mol. The van der Waals surface area contributed by atoms with Gasteiger partial charge >= 0.3 is 59.1 Å². The Kier molecular flexibility index (Phi) is 10.3. The molecule has 1 saturated heterocycles. The van der Waals surface area contributed by atoms with Crippen molar-refractivity contribution in [3.63, 3.8) is 0 Å². The van der Waals surface area contributed by atoms with Crippen molar-refractivity contribution in [1.82, 2.24) is 15.0 Å². The normalized spacial score (nSPS) is 25.0. The molecule has 14 heteroatoms. The second kappa shape index (κ2) is 11.1. The van der Waals surface area contributed by atoms with E-state index < -0.39 is 44.4 Å². The van der Waals surface area contributed by atoms with Gasteiger partial charge in [0.05, 0.1) is 12.3 Å². The summed E-state index contributed by atoms with van der Waals surface area (Å²) in [6.07, 6.45) is -6.73. The summed E-state index contributed by atoms with van der Waals surface area (Å²) in [5.74, 6) is 0. The fraction of sp³-hybridized carbons (Fsp3) is 0.400. The standard InChI is InChI=1S/C15H18N3O8P.2Na/c19-6-8-1-3-9(4-2-8)10-5-18(17-16-10)15-13(22)12(21)14(26-15)11(20)7-27(23,24)25;;/h1-6,11-15,20-22H,7H2,(H2,23,24,25);;/q;2*+1/p-2/t11-,12+,13-,14-,15-;;/m1../s1. The number of nitrogens with zero attached hydrogens (tertiary/aromatic N) is 3. The van der Waals surface area contributed by atoms with Gasteiger partial charge in [-0.05, 0) is 0 Å². The summed E-state index contributed by atoms with van der Waals surface area (Å²) in [6.45, 7) is 0. The predicted octanol–water partition coefficient (Wildman–Crippen LogP) is -8.34. The zero-order chi connectivity index (χ0) is 19.8. The SMILES string of the molecule is O=Cc1ccc(-c2cn([C@@H]3O[C@H]([C@H](O)CP(=O)([O-])[O-])[C@@H](O)[C@H]3O)nn2)cc1.[Na+].[Na+]. The molecule has 1 aliphatic heterocycles. The smallest absolute Gasteiger partial charge is 0.811 e. The van der Waals surface area contributed by atoms with Crippen molar-refractivity contribution in [3.05, 3.63) is 36.0 Å². The molecular formula is C15H16N3Na2O8P. The van der Waals surface area contributed by atoms with Crippen molar-refractivity contribution in [2.45, 2.75) is 30.6 Å². The third kappa shape index (κ3) is 6.50. The van der Waals surface area contributed by atoms with Crippen molar-refractivity contribution < 1.29 is 98.3 Å². The molecule has 0 radical (unpaired) electrons. The first-order valence-electron chi connectivity index (χ1n) is 7.88. The topological polar surface area (TPSA) is 181 Å². The van der Waals surface area contributed by atoms with Crippen molar-refractivity contribution >= 4 is 13.9 Å². The molecule has 1 aromatic heterocycles. The van der Waals surface area contributed by atoms with Gasteiger partial charge in [-0.15, -0.1) is 5.10 Å². The molecule has 2 heterocycles. The maximum atomic E-state index is 10.8. The Bertz CT molecular complexity index is 862. The van der Waals surface area contributed by atoms with Crippen molar-refractivity contribution in [1.29, 1.82) is 0 Å². The molecule has 0 aliphatic carbocycles. The van der Waals surface area contributed by atoms with E-state index in [-0.39, 0.29) is 59.1 Å². The molecule has 1 aliphatic rings. The second-order valence-electron chi connectivity index (χ2n) is 6.16. The van der Waals surface area contributed by atoms with E-state index in [9.17, 15) is 34.5 Å². The van der Waals surface area contributed by atoms with Gasteiger partial charge in [-0.25, -0.2) is 4.68 Å². The molecular weight excluding hydrogens is 427 g/mol. The van der Waals surface area contributed by atoms with E-state index >= 15 is 0 Å². The molecule has 2 aromatic rings. The number of rotatable bonds is 6. The maximum absolute atomic E-state index is 10.8. The Morgan fingerprint density at radius 2 is 1.83 bits per heavy atom. The second-order valence-corrected chi connectivity index (χ2v) is 7.74. The van der Waals surface area contributed by atoms with E-state index in [1.165, 1.54) is 6.20 Å². The van der Waals surface area contributed by atoms with E-state index in [0.717, 1.165) is 4.68 Å². The number of hydrogen-bond donors (Lipinski definition) is 3. The van der Waals surface area contributed by atoms with Crippen LogP contribution in [-0.4, -0.2) is 67.2 Å². The van der Waals surface area contributed by atoms with Crippen LogP contribution < -0.4 is 68.9 Å². The summed E-state index contributed by atoms with van der Waals surface area (Å²) in [6, 6.07) is 6.46. The van der Waals surface area contributed by atoms with E-state index in [2.05, 4.69) is 10.3 Å². The van der Waals surface area contributed by atoms with Crippen LogP contribution in [0.2, 0.25) is 0 Å². The molecule has 11 nitrogen and oxygen atoms in total. The molecule has 1 aromatic carbocycles. The van der Waals surface area contributed by atoms with Gasteiger partial charge in [-0.1, -0.05) is 37.1 Å². The average Bonchev–Trinajstić information content (AvgIpc) is 3.20. The van der Waals surface area contributed by atoms with Crippen LogP contribution in [-0.2, 0) is 9.30 Å². The van der Waals surface area contributed by atoms with Crippen molar-refractivity contribution in [2.24, 2.45) is 0 Å². The summed E-state index contributed by atoms with van der Waals surface area (Å²) in [4.78, 5) is 32.3. The maximum Gasteiger partial charge on any atom is 1.00 e. The number of hydrogen-bond acceptors (Lipinski definition) is 10. The van der Waals surface area contributed by atoms with E-state index in [1.54, 1.807) is 24.3 Å². The largest absolute Gasteiger partial charge is 1.00 e. The zero-order valence-electron chi connectivity index (χ0n) is 15.7. The molecule has 0 unspecified atom stereocenters. The molecule has 5 atom stereocenters. The van der Waals surface area contributed by atoms with E-state index in [0.29, 0.717) is 23.1 Å². The molecule has 146 valence electrons.